The first kappa shape index (κ1) is 20.0. The molecule has 3 rings (SSSR count). The molecule has 0 radical (unpaired) electrons. The van der Waals surface area contributed by atoms with Crippen molar-refractivity contribution in [1.29, 1.82) is 0 Å². The maximum absolute atomic E-state index is 13.1. The minimum atomic E-state index is -0.189. The fourth-order valence-electron chi connectivity index (χ4n) is 2.96. The predicted molar refractivity (Wildman–Crippen MR) is 111 cm³/mol. The van der Waals surface area contributed by atoms with Gasteiger partial charge in [0.2, 0.25) is 5.76 Å². The molecular weight excluding hydrogens is 382 g/mol. The van der Waals surface area contributed by atoms with Crippen LogP contribution in [-0.4, -0.2) is 56.5 Å². The van der Waals surface area contributed by atoms with Crippen molar-refractivity contribution in [2.24, 2.45) is 0 Å². The lowest BCUT2D eigenvalue weighted by molar-refractivity contribution is -0.894. The fraction of sp³-hybridized carbons (Fsp3) is 0.474. The van der Waals surface area contributed by atoms with Crippen molar-refractivity contribution in [3.63, 3.8) is 0 Å². The van der Waals surface area contributed by atoms with E-state index in [0.717, 1.165) is 34.7 Å². The molecule has 6 nitrogen and oxygen atoms in total. The Morgan fingerprint density at radius 3 is 2.81 bits per heavy atom. The molecule has 1 aliphatic rings. The summed E-state index contributed by atoms with van der Waals surface area (Å²) in [7, 11) is 0. The fourth-order valence-corrected chi connectivity index (χ4v) is 4.61. The second-order valence-electron chi connectivity index (χ2n) is 6.17. The Balaban J connectivity index is 1.93. The van der Waals surface area contributed by atoms with Crippen LogP contribution in [0, 0.1) is 0 Å². The lowest BCUT2D eigenvalue weighted by Crippen LogP contribution is -3.12. The maximum Gasteiger partial charge on any atom is 0.298 e. The molecule has 27 heavy (non-hydrogen) atoms. The van der Waals surface area contributed by atoms with Crippen LogP contribution in [0.3, 0.4) is 0 Å². The van der Waals surface area contributed by atoms with E-state index >= 15 is 0 Å². The zero-order chi connectivity index (χ0) is 19.2. The van der Waals surface area contributed by atoms with Gasteiger partial charge >= 0.3 is 0 Å². The highest BCUT2D eigenvalue weighted by Crippen LogP contribution is 2.34. The first-order valence-electron chi connectivity index (χ1n) is 9.21. The van der Waals surface area contributed by atoms with Crippen molar-refractivity contribution in [3.8, 4) is 0 Å². The maximum atomic E-state index is 13.1. The van der Waals surface area contributed by atoms with Gasteiger partial charge in [0.25, 0.3) is 5.91 Å². The van der Waals surface area contributed by atoms with Crippen LogP contribution in [0.25, 0.3) is 10.2 Å². The van der Waals surface area contributed by atoms with Crippen molar-refractivity contribution in [2.75, 3.05) is 50.5 Å². The van der Waals surface area contributed by atoms with Crippen molar-refractivity contribution < 1.29 is 19.2 Å². The van der Waals surface area contributed by atoms with Gasteiger partial charge in [-0.05, 0) is 32.2 Å². The molecule has 0 saturated carbocycles. The van der Waals surface area contributed by atoms with Gasteiger partial charge in [-0.1, -0.05) is 17.4 Å². The molecule has 1 amide bonds. The summed E-state index contributed by atoms with van der Waals surface area (Å²) in [6.07, 6.45) is 3.46. The summed E-state index contributed by atoms with van der Waals surface area (Å²) in [4.78, 5) is 22.2. The first-order chi connectivity index (χ1) is 13.2. The third kappa shape index (κ3) is 4.56. The van der Waals surface area contributed by atoms with Crippen molar-refractivity contribution >= 4 is 44.4 Å². The molecule has 0 bridgehead atoms. The lowest BCUT2D eigenvalue weighted by atomic mass is 10.3. The van der Waals surface area contributed by atoms with Gasteiger partial charge < -0.3 is 14.4 Å². The van der Waals surface area contributed by atoms with Crippen molar-refractivity contribution in [3.05, 3.63) is 30.2 Å². The molecule has 0 spiro atoms. The molecule has 0 aliphatic carbocycles. The highest BCUT2D eigenvalue weighted by molar-refractivity contribution is 7.98. The Morgan fingerprint density at radius 1 is 1.33 bits per heavy atom. The number of amides is 1. The number of ether oxygens (including phenoxy) is 2. The summed E-state index contributed by atoms with van der Waals surface area (Å²) in [5.74, 6) is 0.0613. The van der Waals surface area contributed by atoms with E-state index in [9.17, 15) is 4.79 Å². The van der Waals surface area contributed by atoms with Crippen molar-refractivity contribution in [2.45, 2.75) is 18.7 Å². The Bertz CT molecular complexity index is 818. The van der Waals surface area contributed by atoms with E-state index in [-0.39, 0.29) is 11.7 Å². The van der Waals surface area contributed by atoms with Gasteiger partial charge in [-0.2, -0.15) is 0 Å². The molecule has 0 unspecified atom stereocenters. The molecule has 1 aromatic carbocycles. The lowest BCUT2D eigenvalue weighted by Gasteiger charge is -2.24. The molecule has 0 saturated heterocycles. The van der Waals surface area contributed by atoms with Gasteiger partial charge in [-0.15, -0.1) is 11.8 Å². The molecule has 1 N–H and O–H groups in total. The second-order valence-corrected chi connectivity index (χ2v) is 8.03. The average Bonchev–Trinajstić information content (AvgIpc) is 3.15. The van der Waals surface area contributed by atoms with E-state index in [1.807, 2.05) is 18.4 Å². The summed E-state index contributed by atoms with van der Waals surface area (Å²) in [5, 5.41) is 0.707. The Morgan fingerprint density at radius 2 is 2.15 bits per heavy atom. The first-order valence-corrected chi connectivity index (χ1v) is 11.3. The number of para-hydroxylation sites is 1. The topological polar surface area (TPSA) is 56.1 Å². The Hall–Kier alpha value is -1.77. The third-order valence-corrected chi connectivity index (χ3v) is 6.43. The second kappa shape index (κ2) is 9.43. The number of rotatable bonds is 8. The predicted octanol–water partition coefficient (Wildman–Crippen LogP) is 2.16. The van der Waals surface area contributed by atoms with E-state index in [4.69, 9.17) is 14.5 Å². The number of thiazole rings is 1. The number of carbonyl (C=O) groups is 1. The molecule has 0 atom stereocenters. The normalized spacial score (nSPS) is 14.0. The van der Waals surface area contributed by atoms with E-state index in [2.05, 4.69) is 19.9 Å². The molecule has 1 aromatic heterocycles. The van der Waals surface area contributed by atoms with E-state index in [0.29, 0.717) is 24.9 Å². The summed E-state index contributed by atoms with van der Waals surface area (Å²) in [6, 6.07) is 6.14. The summed E-state index contributed by atoms with van der Waals surface area (Å²) < 4.78 is 11.9. The number of hydrogen-bond donors (Lipinski definition) is 1. The van der Waals surface area contributed by atoms with Crippen LogP contribution < -0.4 is 9.80 Å². The highest BCUT2D eigenvalue weighted by atomic mass is 32.2. The average molecular weight is 409 g/mol. The number of aromatic nitrogens is 1. The smallest absolute Gasteiger partial charge is 0.298 e. The standard InChI is InChI=1S/C19H25N3O3S2/c1-4-21(5-2)9-10-22(18(23)14-13-24-11-12-25-14)19-20-17-15(26-3)7-6-8-16(17)27-19/h6-8,13H,4-5,9-12H2,1-3H3/p+1. The Kier molecular flexibility index (Phi) is 6.98. The van der Waals surface area contributed by atoms with Gasteiger partial charge in [-0.25, -0.2) is 4.98 Å². The van der Waals surface area contributed by atoms with Gasteiger partial charge in [0.1, 0.15) is 19.5 Å². The molecule has 2 heterocycles. The van der Waals surface area contributed by atoms with E-state index in [1.165, 1.54) is 11.2 Å². The molecule has 1 aliphatic heterocycles. The van der Waals surface area contributed by atoms with E-state index < -0.39 is 0 Å². The largest absolute Gasteiger partial charge is 0.494 e. The number of fused-ring (bicyclic) bond motifs is 1. The Labute approximate surface area is 168 Å². The van der Waals surface area contributed by atoms with Crippen LogP contribution in [0.1, 0.15) is 13.8 Å². The molecule has 2 aromatic rings. The minimum absolute atomic E-state index is 0.189. The molecule has 0 fully saturated rings. The number of benzene rings is 1. The zero-order valence-corrected chi connectivity index (χ0v) is 17.6. The van der Waals surface area contributed by atoms with Crippen LogP contribution >= 0.6 is 23.1 Å². The minimum Gasteiger partial charge on any atom is -0.494 e. The molecule has 8 heteroatoms. The number of likely N-dealkylation sites (N-methyl/N-ethyl adjacent to an activating group) is 1. The quantitative estimate of drug-likeness (QED) is 0.679. The number of carbonyl (C=O) groups excluding carboxylic acids is 1. The highest BCUT2D eigenvalue weighted by Gasteiger charge is 2.27. The molecule has 146 valence electrons. The number of quaternary nitrogens is 1. The van der Waals surface area contributed by atoms with Gasteiger partial charge in [0.05, 0.1) is 36.4 Å². The third-order valence-electron chi connectivity index (χ3n) is 4.62. The van der Waals surface area contributed by atoms with Crippen molar-refractivity contribution in [1.82, 2.24) is 4.98 Å². The monoisotopic (exact) mass is 408 g/mol. The number of hydrogen-bond acceptors (Lipinski definition) is 6. The summed E-state index contributed by atoms with van der Waals surface area (Å²) >= 11 is 3.21. The number of nitrogens with zero attached hydrogens (tertiary/aromatic N) is 2. The summed E-state index contributed by atoms with van der Waals surface area (Å²) in [5.41, 5.74) is 0.952. The molecular formula is C19H26N3O3S2+. The van der Waals surface area contributed by atoms with Crippen LogP contribution in [0.15, 0.2) is 35.1 Å². The van der Waals surface area contributed by atoms with E-state index in [1.54, 1.807) is 28.0 Å². The van der Waals surface area contributed by atoms with Gasteiger partial charge in [0.15, 0.2) is 5.13 Å². The zero-order valence-electron chi connectivity index (χ0n) is 16.0. The van der Waals surface area contributed by atoms with Gasteiger partial charge in [-0.3, -0.25) is 9.69 Å². The van der Waals surface area contributed by atoms with Crippen LogP contribution in [0.2, 0.25) is 0 Å². The number of thioether (sulfide) groups is 1. The number of nitrogens with one attached hydrogen (secondary N) is 1. The van der Waals surface area contributed by atoms with Crippen LogP contribution in [0.5, 0.6) is 0 Å². The SMILES string of the molecule is CC[NH+](CC)CCN(C(=O)C1=COCCO1)c1nc2c(SC)cccc2s1. The van der Waals surface area contributed by atoms with Crippen LogP contribution in [-0.2, 0) is 14.3 Å². The number of anilines is 1. The van der Waals surface area contributed by atoms with Crippen LogP contribution in [0.4, 0.5) is 5.13 Å². The van der Waals surface area contributed by atoms with Gasteiger partial charge in [0, 0.05) is 4.90 Å². The summed E-state index contributed by atoms with van der Waals surface area (Å²) in [6.45, 7) is 8.68.